The molecular weight excluding hydrogens is 386 g/mol. The molecule has 8 heteroatoms. The summed E-state index contributed by atoms with van der Waals surface area (Å²) >= 11 is 0. The molecule has 0 bridgehead atoms. The van der Waals surface area contributed by atoms with Gasteiger partial charge >= 0.3 is 6.01 Å². The van der Waals surface area contributed by atoms with Crippen molar-refractivity contribution in [3.05, 3.63) is 60.2 Å². The Bertz CT molecular complexity index is 1250. The van der Waals surface area contributed by atoms with Gasteiger partial charge in [0.15, 0.2) is 11.5 Å². The van der Waals surface area contributed by atoms with Gasteiger partial charge in [0, 0.05) is 5.56 Å². The molecule has 0 aliphatic carbocycles. The Labute approximate surface area is 171 Å². The molecule has 0 saturated carbocycles. The summed E-state index contributed by atoms with van der Waals surface area (Å²) in [5, 5.41) is 12.5. The molecule has 3 aromatic carbocycles. The lowest BCUT2D eigenvalue weighted by molar-refractivity contribution is 0.102. The number of ether oxygens (including phenoxy) is 3. The van der Waals surface area contributed by atoms with Crippen molar-refractivity contribution < 1.29 is 23.4 Å². The molecule has 0 spiro atoms. The lowest BCUT2D eigenvalue weighted by Crippen LogP contribution is -2.15. The topological polar surface area (TPSA) is 95.7 Å². The van der Waals surface area contributed by atoms with Gasteiger partial charge in [-0.15, -0.1) is 5.10 Å². The number of carbonyl (C=O) groups is 1. The number of nitrogens with zero attached hydrogens (tertiary/aromatic N) is 2. The molecule has 1 amide bonds. The van der Waals surface area contributed by atoms with E-state index < -0.39 is 5.91 Å². The van der Waals surface area contributed by atoms with E-state index in [-0.39, 0.29) is 11.9 Å². The summed E-state index contributed by atoms with van der Waals surface area (Å²) in [6.45, 7) is 0.997. The highest BCUT2D eigenvalue weighted by Crippen LogP contribution is 2.34. The van der Waals surface area contributed by atoms with Gasteiger partial charge < -0.3 is 18.6 Å². The number of fused-ring (bicyclic) bond motifs is 2. The van der Waals surface area contributed by atoms with Crippen LogP contribution in [0.25, 0.3) is 22.2 Å². The summed E-state index contributed by atoms with van der Waals surface area (Å²) in [6, 6.07) is 16.6. The van der Waals surface area contributed by atoms with Crippen LogP contribution in [0.15, 0.2) is 59.0 Å². The normalized spacial score (nSPS) is 12.6. The summed E-state index contributed by atoms with van der Waals surface area (Å²) in [7, 11) is 1.52. The first-order valence-electron chi connectivity index (χ1n) is 9.33. The highest BCUT2D eigenvalue weighted by atomic mass is 16.6. The van der Waals surface area contributed by atoms with E-state index in [0.29, 0.717) is 41.6 Å². The number of anilines is 1. The van der Waals surface area contributed by atoms with Crippen LogP contribution in [-0.2, 0) is 0 Å². The Morgan fingerprint density at radius 3 is 2.53 bits per heavy atom. The van der Waals surface area contributed by atoms with Crippen molar-refractivity contribution in [3.8, 4) is 28.7 Å². The van der Waals surface area contributed by atoms with Crippen LogP contribution >= 0.6 is 0 Å². The summed E-state index contributed by atoms with van der Waals surface area (Å²) in [4.78, 5) is 12.8. The molecule has 1 N–H and O–H groups in total. The van der Waals surface area contributed by atoms with E-state index in [2.05, 4.69) is 15.5 Å². The lowest BCUT2D eigenvalue weighted by atomic mass is 10.1. The van der Waals surface area contributed by atoms with Crippen LogP contribution in [0.1, 0.15) is 10.4 Å². The Hall–Kier alpha value is -4.07. The minimum atomic E-state index is -0.407. The molecule has 1 aliphatic rings. The van der Waals surface area contributed by atoms with Crippen molar-refractivity contribution in [2.75, 3.05) is 25.6 Å². The zero-order valence-electron chi connectivity index (χ0n) is 16.0. The van der Waals surface area contributed by atoms with Crippen molar-refractivity contribution in [1.82, 2.24) is 10.2 Å². The Morgan fingerprint density at radius 2 is 1.73 bits per heavy atom. The standard InChI is InChI=1S/C22H17N3O5/c1-27-18-11-14-5-3-2-4-13(14)10-16(18)20(26)23-22-25-24-21(30-22)15-6-7-17-19(12-15)29-9-8-28-17/h2-7,10-12H,8-9H2,1H3,(H,23,25,26). The van der Waals surface area contributed by atoms with Crippen molar-refractivity contribution in [1.29, 1.82) is 0 Å². The van der Waals surface area contributed by atoms with E-state index in [1.165, 1.54) is 7.11 Å². The van der Waals surface area contributed by atoms with Gasteiger partial charge in [-0.25, -0.2) is 0 Å². The number of hydrogen-bond donors (Lipinski definition) is 1. The molecule has 0 fully saturated rings. The molecule has 0 unspecified atom stereocenters. The molecule has 0 radical (unpaired) electrons. The maximum Gasteiger partial charge on any atom is 0.322 e. The first-order chi connectivity index (χ1) is 14.7. The van der Waals surface area contributed by atoms with Gasteiger partial charge in [-0.1, -0.05) is 29.4 Å². The number of benzene rings is 3. The second kappa shape index (κ2) is 7.40. The fourth-order valence-corrected chi connectivity index (χ4v) is 3.30. The Morgan fingerprint density at radius 1 is 0.967 bits per heavy atom. The average Bonchev–Trinajstić information content (AvgIpc) is 3.26. The van der Waals surface area contributed by atoms with Crippen LogP contribution in [0.3, 0.4) is 0 Å². The van der Waals surface area contributed by atoms with E-state index in [1.54, 1.807) is 24.3 Å². The van der Waals surface area contributed by atoms with Crippen LogP contribution < -0.4 is 19.5 Å². The van der Waals surface area contributed by atoms with E-state index in [4.69, 9.17) is 18.6 Å². The molecule has 0 saturated heterocycles. The molecule has 1 aliphatic heterocycles. The van der Waals surface area contributed by atoms with Crippen molar-refractivity contribution in [2.24, 2.45) is 0 Å². The van der Waals surface area contributed by atoms with Gasteiger partial charge in [0.25, 0.3) is 5.91 Å². The lowest BCUT2D eigenvalue weighted by Gasteiger charge is -2.18. The Balaban J connectivity index is 1.40. The summed E-state index contributed by atoms with van der Waals surface area (Å²) in [6.07, 6.45) is 0. The highest BCUT2D eigenvalue weighted by molar-refractivity contribution is 6.07. The minimum Gasteiger partial charge on any atom is -0.496 e. The van der Waals surface area contributed by atoms with E-state index in [0.717, 1.165) is 10.8 Å². The summed E-state index contributed by atoms with van der Waals surface area (Å²) in [5.41, 5.74) is 1.03. The second-order valence-corrected chi connectivity index (χ2v) is 6.62. The molecule has 2 heterocycles. The predicted octanol–water partition coefficient (Wildman–Crippen LogP) is 3.92. The maximum atomic E-state index is 12.8. The first kappa shape index (κ1) is 18.0. The number of methoxy groups -OCH3 is 1. The third kappa shape index (κ3) is 3.28. The van der Waals surface area contributed by atoms with Crippen LogP contribution in [0.5, 0.6) is 17.2 Å². The van der Waals surface area contributed by atoms with Gasteiger partial charge in [-0.3, -0.25) is 10.1 Å². The van der Waals surface area contributed by atoms with Gasteiger partial charge in [-0.05, 0) is 41.1 Å². The van der Waals surface area contributed by atoms with Gasteiger partial charge in [-0.2, -0.15) is 0 Å². The SMILES string of the molecule is COc1cc2ccccc2cc1C(=O)Nc1nnc(-c2ccc3c(c2)OCCO3)o1. The average molecular weight is 403 g/mol. The molecule has 5 rings (SSSR count). The van der Waals surface area contributed by atoms with Crippen molar-refractivity contribution in [2.45, 2.75) is 0 Å². The molecule has 8 nitrogen and oxygen atoms in total. The third-order valence-electron chi connectivity index (χ3n) is 4.75. The summed E-state index contributed by atoms with van der Waals surface area (Å²) in [5.74, 6) is 1.59. The van der Waals surface area contributed by atoms with Crippen molar-refractivity contribution >= 4 is 22.7 Å². The van der Waals surface area contributed by atoms with Crippen molar-refractivity contribution in [3.63, 3.8) is 0 Å². The third-order valence-corrected chi connectivity index (χ3v) is 4.75. The number of amides is 1. The van der Waals surface area contributed by atoms with E-state index in [9.17, 15) is 4.79 Å². The quantitative estimate of drug-likeness (QED) is 0.552. The van der Waals surface area contributed by atoms with Crippen LogP contribution in [0.2, 0.25) is 0 Å². The van der Waals surface area contributed by atoms with E-state index in [1.807, 2.05) is 30.3 Å². The fraction of sp³-hybridized carbons (Fsp3) is 0.136. The van der Waals surface area contributed by atoms with Crippen LogP contribution in [0, 0.1) is 0 Å². The highest BCUT2D eigenvalue weighted by Gasteiger charge is 2.19. The molecule has 150 valence electrons. The number of nitrogens with one attached hydrogen (secondary N) is 1. The van der Waals surface area contributed by atoms with Gasteiger partial charge in [0.05, 0.1) is 12.7 Å². The zero-order chi connectivity index (χ0) is 20.5. The smallest absolute Gasteiger partial charge is 0.322 e. The van der Waals surface area contributed by atoms with Gasteiger partial charge in [0.2, 0.25) is 5.89 Å². The predicted molar refractivity (Wildman–Crippen MR) is 109 cm³/mol. The maximum absolute atomic E-state index is 12.8. The molecule has 4 aromatic rings. The Kier molecular flexibility index (Phi) is 4.44. The number of hydrogen-bond acceptors (Lipinski definition) is 7. The molecule has 30 heavy (non-hydrogen) atoms. The fourth-order valence-electron chi connectivity index (χ4n) is 3.30. The first-order valence-corrected chi connectivity index (χ1v) is 9.33. The van der Waals surface area contributed by atoms with Crippen LogP contribution in [0.4, 0.5) is 6.01 Å². The van der Waals surface area contributed by atoms with Gasteiger partial charge in [0.1, 0.15) is 19.0 Å². The number of carbonyl (C=O) groups excluding carboxylic acids is 1. The molecule has 1 aromatic heterocycles. The summed E-state index contributed by atoms with van der Waals surface area (Å²) < 4.78 is 22.1. The molecular formula is C22H17N3O5. The minimum absolute atomic E-state index is 0.0138. The second-order valence-electron chi connectivity index (χ2n) is 6.62. The monoisotopic (exact) mass is 403 g/mol. The number of rotatable bonds is 4. The van der Waals surface area contributed by atoms with E-state index >= 15 is 0 Å². The van der Waals surface area contributed by atoms with Crippen LogP contribution in [-0.4, -0.2) is 36.4 Å². The zero-order valence-corrected chi connectivity index (χ0v) is 16.0. The molecule has 0 atom stereocenters. The largest absolute Gasteiger partial charge is 0.496 e. The number of aromatic nitrogens is 2.